The summed E-state index contributed by atoms with van der Waals surface area (Å²) in [6.07, 6.45) is 6.24. The molecule has 1 amide bonds. The minimum Gasteiger partial charge on any atom is -0.491 e. The molecule has 1 aliphatic rings. The van der Waals surface area contributed by atoms with E-state index in [9.17, 15) is 9.18 Å². The molecule has 1 saturated carbocycles. The van der Waals surface area contributed by atoms with E-state index in [1.165, 1.54) is 31.4 Å². The lowest BCUT2D eigenvalue weighted by Gasteiger charge is -2.22. The maximum Gasteiger partial charge on any atom is 0.222 e. The summed E-state index contributed by atoms with van der Waals surface area (Å²) >= 11 is 0. The molecule has 2 rings (SSSR count). The van der Waals surface area contributed by atoms with Gasteiger partial charge in [-0.1, -0.05) is 39.2 Å². The average Bonchev–Trinajstić information content (AvgIpc) is 2.58. The van der Waals surface area contributed by atoms with Crippen molar-refractivity contribution < 1.29 is 18.7 Å². The van der Waals surface area contributed by atoms with Gasteiger partial charge in [0.2, 0.25) is 5.91 Å². The zero-order valence-electron chi connectivity index (χ0n) is 15.4. The van der Waals surface area contributed by atoms with Crippen LogP contribution in [-0.2, 0) is 9.53 Å². The first-order valence-corrected chi connectivity index (χ1v) is 9.35. The molecule has 1 aliphatic carbocycles. The molecule has 140 valence electrons. The van der Waals surface area contributed by atoms with Crippen molar-refractivity contribution in [3.05, 3.63) is 29.6 Å². The fraction of sp³-hybridized carbons (Fsp3) is 0.650. The van der Waals surface area contributed by atoms with Crippen molar-refractivity contribution in [2.75, 3.05) is 19.8 Å². The number of hydrogen-bond acceptors (Lipinski definition) is 3. The third-order valence-corrected chi connectivity index (χ3v) is 4.53. The maximum atomic E-state index is 13.4. The van der Waals surface area contributed by atoms with Crippen LogP contribution in [0.5, 0.6) is 5.75 Å². The molecule has 0 aliphatic heterocycles. The number of amides is 1. The van der Waals surface area contributed by atoms with Gasteiger partial charge in [-0.15, -0.1) is 0 Å². The van der Waals surface area contributed by atoms with E-state index in [-0.39, 0.29) is 17.6 Å². The minimum atomic E-state index is -0.306. The quantitative estimate of drug-likeness (QED) is 0.679. The maximum absolute atomic E-state index is 13.4. The number of halogens is 1. The molecule has 4 nitrogen and oxygen atoms in total. The van der Waals surface area contributed by atoms with Crippen LogP contribution < -0.4 is 10.1 Å². The van der Waals surface area contributed by atoms with Gasteiger partial charge in [-0.05, 0) is 30.4 Å². The molecule has 0 radical (unpaired) electrons. The van der Waals surface area contributed by atoms with E-state index in [1.54, 1.807) is 6.07 Å². The highest BCUT2D eigenvalue weighted by molar-refractivity contribution is 5.76. The first kappa shape index (κ1) is 19.7. The molecular formula is C20H30FNO3. The lowest BCUT2D eigenvalue weighted by atomic mass is 9.95. The monoisotopic (exact) mass is 351 g/mol. The Morgan fingerprint density at radius 1 is 1.20 bits per heavy atom. The number of ether oxygens (including phenoxy) is 2. The first-order valence-electron chi connectivity index (χ1n) is 9.35. The Morgan fingerprint density at radius 3 is 2.68 bits per heavy atom. The van der Waals surface area contributed by atoms with Crippen molar-refractivity contribution in [2.45, 2.75) is 64.3 Å². The Bertz CT molecular complexity index is 542. The van der Waals surface area contributed by atoms with Gasteiger partial charge in [-0.3, -0.25) is 4.79 Å². The Balaban J connectivity index is 1.60. The third-order valence-electron chi connectivity index (χ3n) is 4.53. The standard InChI is InChI=1S/C20H30FNO3/c1-15(2)18-9-8-16(21)14-19(18)25-13-12-24-11-10-20(23)22-17-6-4-3-5-7-17/h8-9,14-15,17H,3-7,10-13H2,1-2H3,(H,22,23). The summed E-state index contributed by atoms with van der Waals surface area (Å²) in [5.74, 6) is 0.577. The molecule has 5 heteroatoms. The molecule has 0 unspecified atom stereocenters. The average molecular weight is 351 g/mol. The topological polar surface area (TPSA) is 47.6 Å². The summed E-state index contributed by atoms with van der Waals surface area (Å²) in [4.78, 5) is 11.9. The van der Waals surface area contributed by atoms with Gasteiger partial charge < -0.3 is 14.8 Å². The van der Waals surface area contributed by atoms with Gasteiger partial charge in [0.1, 0.15) is 18.2 Å². The predicted octanol–water partition coefficient (Wildman–Crippen LogP) is 4.18. The highest BCUT2D eigenvalue weighted by Crippen LogP contribution is 2.27. The van der Waals surface area contributed by atoms with Crippen LogP contribution in [0, 0.1) is 5.82 Å². The van der Waals surface area contributed by atoms with E-state index in [1.807, 2.05) is 13.8 Å². The largest absolute Gasteiger partial charge is 0.491 e. The lowest BCUT2D eigenvalue weighted by Crippen LogP contribution is -2.36. The Kier molecular flexibility index (Phi) is 8.19. The lowest BCUT2D eigenvalue weighted by molar-refractivity contribution is -0.123. The Labute approximate surface area is 150 Å². The van der Waals surface area contributed by atoms with Crippen molar-refractivity contribution in [3.8, 4) is 5.75 Å². The van der Waals surface area contributed by atoms with E-state index in [2.05, 4.69) is 5.32 Å². The normalized spacial score (nSPS) is 15.4. The number of hydrogen-bond donors (Lipinski definition) is 1. The number of benzene rings is 1. The highest BCUT2D eigenvalue weighted by Gasteiger charge is 2.15. The molecule has 0 bridgehead atoms. The SMILES string of the molecule is CC(C)c1ccc(F)cc1OCCOCCC(=O)NC1CCCCC1. The van der Waals surface area contributed by atoms with Gasteiger partial charge in [0, 0.05) is 18.5 Å². The predicted molar refractivity (Wildman–Crippen MR) is 96.4 cm³/mol. The van der Waals surface area contributed by atoms with E-state index in [0.717, 1.165) is 18.4 Å². The van der Waals surface area contributed by atoms with Gasteiger partial charge in [-0.2, -0.15) is 0 Å². The van der Waals surface area contributed by atoms with Crippen LogP contribution in [-0.4, -0.2) is 31.8 Å². The molecule has 1 aromatic carbocycles. The molecular weight excluding hydrogens is 321 g/mol. The second kappa shape index (κ2) is 10.4. The third kappa shape index (κ3) is 7.02. The highest BCUT2D eigenvalue weighted by atomic mass is 19.1. The summed E-state index contributed by atoms with van der Waals surface area (Å²) in [6.45, 7) is 5.18. The second-order valence-corrected chi connectivity index (χ2v) is 6.95. The van der Waals surface area contributed by atoms with Crippen LogP contribution in [0.2, 0.25) is 0 Å². The summed E-state index contributed by atoms with van der Waals surface area (Å²) < 4.78 is 24.5. The fourth-order valence-corrected chi connectivity index (χ4v) is 3.13. The summed E-state index contributed by atoms with van der Waals surface area (Å²) in [5, 5.41) is 3.07. The zero-order valence-corrected chi connectivity index (χ0v) is 15.4. The van der Waals surface area contributed by atoms with Crippen LogP contribution in [0.15, 0.2) is 18.2 Å². The smallest absolute Gasteiger partial charge is 0.222 e. The van der Waals surface area contributed by atoms with E-state index in [0.29, 0.717) is 38.0 Å². The summed E-state index contributed by atoms with van der Waals surface area (Å²) in [7, 11) is 0. The van der Waals surface area contributed by atoms with Gasteiger partial charge in [0.05, 0.1) is 13.2 Å². The molecule has 25 heavy (non-hydrogen) atoms. The van der Waals surface area contributed by atoms with Crippen molar-refractivity contribution in [1.29, 1.82) is 0 Å². The molecule has 0 saturated heterocycles. The molecule has 0 heterocycles. The van der Waals surface area contributed by atoms with E-state index in [4.69, 9.17) is 9.47 Å². The van der Waals surface area contributed by atoms with Crippen molar-refractivity contribution in [1.82, 2.24) is 5.32 Å². The molecule has 1 fully saturated rings. The molecule has 0 aromatic heterocycles. The van der Waals surface area contributed by atoms with Gasteiger partial charge in [-0.25, -0.2) is 4.39 Å². The van der Waals surface area contributed by atoms with Crippen LogP contribution in [0.25, 0.3) is 0 Å². The van der Waals surface area contributed by atoms with Crippen LogP contribution in [0.3, 0.4) is 0 Å². The minimum absolute atomic E-state index is 0.0556. The Hall–Kier alpha value is -1.62. The van der Waals surface area contributed by atoms with Crippen molar-refractivity contribution in [3.63, 3.8) is 0 Å². The molecule has 1 N–H and O–H groups in total. The van der Waals surface area contributed by atoms with Crippen LogP contribution in [0.4, 0.5) is 4.39 Å². The molecule has 0 spiro atoms. The van der Waals surface area contributed by atoms with Crippen molar-refractivity contribution >= 4 is 5.91 Å². The van der Waals surface area contributed by atoms with Gasteiger partial charge in [0.15, 0.2) is 0 Å². The number of rotatable bonds is 9. The second-order valence-electron chi connectivity index (χ2n) is 6.95. The Morgan fingerprint density at radius 2 is 1.96 bits per heavy atom. The van der Waals surface area contributed by atoms with Crippen molar-refractivity contribution in [2.24, 2.45) is 0 Å². The number of carbonyl (C=O) groups is 1. The summed E-state index contributed by atoms with van der Waals surface area (Å²) in [5.41, 5.74) is 0.980. The van der Waals surface area contributed by atoms with E-state index < -0.39 is 0 Å². The van der Waals surface area contributed by atoms with Gasteiger partial charge in [0.25, 0.3) is 0 Å². The molecule has 1 aromatic rings. The van der Waals surface area contributed by atoms with Crippen LogP contribution in [0.1, 0.15) is 63.9 Å². The summed E-state index contributed by atoms with van der Waals surface area (Å²) in [6, 6.07) is 4.95. The fourth-order valence-electron chi connectivity index (χ4n) is 3.13. The number of nitrogens with one attached hydrogen (secondary N) is 1. The van der Waals surface area contributed by atoms with E-state index >= 15 is 0 Å². The first-order chi connectivity index (χ1) is 12.1. The number of carbonyl (C=O) groups excluding carboxylic acids is 1. The molecule has 0 atom stereocenters. The zero-order chi connectivity index (χ0) is 18.1. The van der Waals surface area contributed by atoms with Gasteiger partial charge >= 0.3 is 0 Å². The van der Waals surface area contributed by atoms with Crippen LogP contribution >= 0.6 is 0 Å².